The lowest BCUT2D eigenvalue weighted by Crippen LogP contribution is -2.42. The fourth-order valence-electron chi connectivity index (χ4n) is 6.69. The zero-order valence-electron chi connectivity index (χ0n) is 32.6. The highest BCUT2D eigenvalue weighted by Crippen LogP contribution is 2.40. The van der Waals surface area contributed by atoms with Crippen LogP contribution in [0, 0.1) is 32.1 Å². The molecule has 1 unspecified atom stereocenters. The minimum Gasteiger partial charge on any atom is -0.489 e. The zero-order chi connectivity index (χ0) is 41.2. The van der Waals surface area contributed by atoms with E-state index in [9.17, 15) is 14.4 Å². The predicted octanol–water partition coefficient (Wildman–Crippen LogP) is 4.84. The second kappa shape index (κ2) is 20.1. The molecule has 0 saturated carbocycles. The normalized spacial score (nSPS) is 14.2. The van der Waals surface area contributed by atoms with Crippen molar-refractivity contribution in [2.24, 2.45) is 4.99 Å². The van der Waals surface area contributed by atoms with Crippen LogP contribution < -0.4 is 25.2 Å². The Kier molecular flexibility index (Phi) is 14.7. The molecular weight excluding hydrogens is 805 g/mol. The van der Waals surface area contributed by atoms with E-state index in [-0.39, 0.29) is 49.5 Å². The molecule has 6 rings (SSSR count). The molecule has 306 valence electrons. The van der Waals surface area contributed by atoms with Crippen molar-refractivity contribution in [2.75, 3.05) is 81.4 Å². The van der Waals surface area contributed by atoms with E-state index in [4.69, 9.17) is 47.7 Å². The van der Waals surface area contributed by atoms with Gasteiger partial charge in [-0.3, -0.25) is 23.9 Å². The number of rotatable bonds is 18. The van der Waals surface area contributed by atoms with Gasteiger partial charge in [0.15, 0.2) is 5.82 Å². The van der Waals surface area contributed by atoms with Gasteiger partial charge in [-0.05, 0) is 50.6 Å². The number of benzene rings is 2. The number of aromatic nitrogens is 3. The van der Waals surface area contributed by atoms with Crippen molar-refractivity contribution in [3.8, 4) is 16.8 Å². The van der Waals surface area contributed by atoms with Gasteiger partial charge in [0.25, 0.3) is 0 Å². The molecule has 0 saturated heterocycles. The molecule has 58 heavy (non-hydrogen) atoms. The van der Waals surface area contributed by atoms with Crippen LogP contribution in [0.2, 0.25) is 5.02 Å². The smallest absolute Gasteiger partial charge is 0.241 e. The first kappa shape index (κ1) is 42.6. The van der Waals surface area contributed by atoms with Crippen molar-refractivity contribution >= 4 is 69.3 Å². The number of amides is 3. The largest absolute Gasteiger partial charge is 0.489 e. The van der Waals surface area contributed by atoms with Gasteiger partial charge in [-0.1, -0.05) is 23.7 Å². The summed E-state index contributed by atoms with van der Waals surface area (Å²) in [5, 5.41) is 25.2. The highest BCUT2D eigenvalue weighted by molar-refractivity contribution is 7.15. The third-order valence-electron chi connectivity index (χ3n) is 9.66. The molecule has 3 amide bonds. The van der Waals surface area contributed by atoms with Gasteiger partial charge in [-0.2, -0.15) is 5.26 Å². The maximum absolute atomic E-state index is 13.2. The molecule has 0 aliphatic carbocycles. The van der Waals surface area contributed by atoms with Gasteiger partial charge in [-0.15, -0.1) is 33.1 Å². The van der Waals surface area contributed by atoms with Gasteiger partial charge in [0, 0.05) is 52.4 Å². The van der Waals surface area contributed by atoms with Crippen LogP contribution in [-0.2, 0) is 23.9 Å². The van der Waals surface area contributed by atoms with Crippen LogP contribution in [0.1, 0.15) is 52.1 Å². The van der Waals surface area contributed by atoms with Crippen molar-refractivity contribution in [2.45, 2.75) is 39.7 Å². The van der Waals surface area contributed by atoms with E-state index in [1.807, 2.05) is 46.7 Å². The summed E-state index contributed by atoms with van der Waals surface area (Å²) in [6, 6.07) is 14.3. The second-order valence-corrected chi connectivity index (χ2v) is 15.4. The number of thiophene rings is 1. The Bertz CT molecular complexity index is 2190. The van der Waals surface area contributed by atoms with E-state index in [1.54, 1.807) is 29.5 Å². The Balaban J connectivity index is 0.906. The molecule has 0 spiro atoms. The third kappa shape index (κ3) is 10.1. The number of ether oxygens (including phenoxy) is 3. The van der Waals surface area contributed by atoms with Crippen molar-refractivity contribution in [1.82, 2.24) is 25.4 Å². The van der Waals surface area contributed by atoms with E-state index in [1.165, 1.54) is 9.78 Å². The molecule has 4 aromatic rings. The van der Waals surface area contributed by atoms with Crippen molar-refractivity contribution < 1.29 is 28.6 Å². The van der Waals surface area contributed by atoms with Gasteiger partial charge in [0.2, 0.25) is 17.7 Å². The molecule has 2 aliphatic rings. The highest BCUT2D eigenvalue weighted by atomic mass is 35.5. The number of aliphatic imine (C=N–C) groups is 1. The lowest BCUT2D eigenvalue weighted by Gasteiger charge is -2.32. The Morgan fingerprint density at radius 1 is 1.02 bits per heavy atom. The number of carbonyl (C=O) groups is 3. The minimum atomic E-state index is -0.564. The van der Waals surface area contributed by atoms with Crippen LogP contribution in [0.25, 0.3) is 5.00 Å². The first-order chi connectivity index (χ1) is 28.1. The van der Waals surface area contributed by atoms with Gasteiger partial charge < -0.3 is 34.6 Å². The third-order valence-corrected chi connectivity index (χ3v) is 11.3. The summed E-state index contributed by atoms with van der Waals surface area (Å²) in [5.41, 5.74) is 5.13. The quantitative estimate of drug-likeness (QED) is 0.104. The molecule has 15 nitrogen and oxygen atoms in total. The Labute approximate surface area is 350 Å². The molecule has 2 N–H and O–H groups in total. The summed E-state index contributed by atoms with van der Waals surface area (Å²) in [6.07, 6.45) is 0.245. The van der Waals surface area contributed by atoms with Crippen molar-refractivity contribution in [1.29, 1.82) is 5.26 Å². The van der Waals surface area contributed by atoms with E-state index >= 15 is 0 Å². The summed E-state index contributed by atoms with van der Waals surface area (Å²) < 4.78 is 19.1. The van der Waals surface area contributed by atoms with E-state index in [0.29, 0.717) is 75.0 Å². The van der Waals surface area contributed by atoms with Crippen LogP contribution in [0.3, 0.4) is 0 Å². The van der Waals surface area contributed by atoms with Gasteiger partial charge in [-0.25, -0.2) is 0 Å². The average molecular weight is 851 g/mol. The summed E-state index contributed by atoms with van der Waals surface area (Å²) in [6.45, 7) is 9.18. The number of hydrogen-bond acceptors (Lipinski definition) is 12. The zero-order valence-corrected chi connectivity index (χ0v) is 34.9. The number of aryl methyl sites for hydroxylation is 2. The number of fused-ring (bicyclic) bond motifs is 4. The molecule has 0 bridgehead atoms. The monoisotopic (exact) mass is 849 g/mol. The number of alkyl halides is 1. The van der Waals surface area contributed by atoms with Crippen LogP contribution in [-0.4, -0.2) is 110 Å². The molecule has 1 atom stereocenters. The summed E-state index contributed by atoms with van der Waals surface area (Å²) in [4.78, 5) is 48.0. The molecule has 18 heteroatoms. The van der Waals surface area contributed by atoms with Crippen LogP contribution in [0.4, 0.5) is 11.4 Å². The maximum atomic E-state index is 13.2. The molecule has 2 aliphatic heterocycles. The lowest BCUT2D eigenvalue weighted by molar-refractivity contribution is -0.122. The van der Waals surface area contributed by atoms with Gasteiger partial charge in [0.1, 0.15) is 35.1 Å². The molecule has 4 heterocycles. The number of nitrogens with one attached hydrogen (secondary N) is 2. The standard InChI is InChI=1S/C40H45Cl2N9O6S/c1-25-26(2)58-40-37(25)38(28-5-7-29(42)8-6-28)46-31(39-48-47-27(3)51(39)40)22-34(52)44-12-16-55-19-20-56-17-13-45-35(53)24-49-15-18-57-33-21-30(9-10-32(33)49)50(14-4-11-43)36(54)23-41/h5-10,21,31H,4,12-20,22-24H2,1-3H3,(H,44,52)(H,45,53). The Morgan fingerprint density at radius 3 is 2.45 bits per heavy atom. The SMILES string of the molecule is Cc1sc2c(c1C)C(c1ccc(Cl)cc1)=NC(CC(=O)NCCOCCOCCNC(=O)CN1CCOc3cc(N(CCC#N)C(=O)CCl)ccc31)c1nnc(C)n1-2. The van der Waals surface area contributed by atoms with Gasteiger partial charge >= 0.3 is 0 Å². The number of nitrogens with zero attached hydrogens (tertiary/aromatic N) is 7. The fourth-order valence-corrected chi connectivity index (χ4v) is 8.17. The number of anilines is 2. The summed E-state index contributed by atoms with van der Waals surface area (Å²) >= 11 is 13.7. The molecule has 0 radical (unpaired) electrons. The van der Waals surface area contributed by atoms with Crippen LogP contribution in [0.15, 0.2) is 47.5 Å². The van der Waals surface area contributed by atoms with E-state index < -0.39 is 6.04 Å². The molecule has 2 aromatic carbocycles. The Morgan fingerprint density at radius 2 is 1.74 bits per heavy atom. The molecule has 0 fully saturated rings. The Hall–Kier alpha value is -5.05. The minimum absolute atomic E-state index is 0.0795. The maximum Gasteiger partial charge on any atom is 0.241 e. The predicted molar refractivity (Wildman–Crippen MR) is 223 cm³/mol. The first-order valence-electron chi connectivity index (χ1n) is 18.9. The molecular formula is C40H45Cl2N9O6S. The molecule has 2 aromatic heterocycles. The van der Waals surface area contributed by atoms with E-state index in [2.05, 4.69) is 34.7 Å². The highest BCUT2D eigenvalue weighted by Gasteiger charge is 2.32. The second-order valence-electron chi connectivity index (χ2n) is 13.5. The summed E-state index contributed by atoms with van der Waals surface area (Å²) in [7, 11) is 0. The van der Waals surface area contributed by atoms with Crippen LogP contribution >= 0.6 is 34.5 Å². The van der Waals surface area contributed by atoms with Crippen molar-refractivity contribution in [3.05, 3.63) is 80.7 Å². The topological polar surface area (TPSA) is 176 Å². The number of hydrogen-bond donors (Lipinski definition) is 2. The fraction of sp³-hybridized carbons (Fsp3) is 0.425. The first-order valence-corrected chi connectivity index (χ1v) is 20.6. The number of halogens is 2. The van der Waals surface area contributed by atoms with Crippen LogP contribution in [0.5, 0.6) is 5.75 Å². The van der Waals surface area contributed by atoms with E-state index in [0.717, 1.165) is 38.9 Å². The van der Waals surface area contributed by atoms with Crippen molar-refractivity contribution in [3.63, 3.8) is 0 Å². The lowest BCUT2D eigenvalue weighted by atomic mass is 9.99. The number of nitriles is 1. The average Bonchev–Trinajstić information content (AvgIpc) is 3.70. The number of carbonyl (C=O) groups excluding carboxylic acids is 3. The van der Waals surface area contributed by atoms with Gasteiger partial charge in [0.05, 0.1) is 69.8 Å². The summed E-state index contributed by atoms with van der Waals surface area (Å²) in [5.74, 6) is 1.01.